The number of aryl methyl sites for hydroxylation is 8. The molecule has 0 bridgehead atoms. The van der Waals surface area contributed by atoms with Gasteiger partial charge in [0.2, 0.25) is 0 Å². The van der Waals surface area contributed by atoms with Crippen LogP contribution in [-0.4, -0.2) is 0 Å². The van der Waals surface area contributed by atoms with Gasteiger partial charge in [-0.05, 0) is 169 Å². The second-order valence-electron chi connectivity index (χ2n) is 22.5. The zero-order chi connectivity index (χ0) is 60.2. The maximum atomic E-state index is 7.38. The van der Waals surface area contributed by atoms with Crippen molar-refractivity contribution < 1.29 is 54.3 Å². The fraction of sp³-hybridized carbons (Fsp3) is 0.167. The van der Waals surface area contributed by atoms with E-state index in [1.165, 1.54) is 0 Å². The van der Waals surface area contributed by atoms with Crippen molar-refractivity contribution in [3.05, 3.63) is 271 Å². The van der Waals surface area contributed by atoms with Gasteiger partial charge in [0.15, 0.2) is 0 Å². The third kappa shape index (κ3) is 11.4. The van der Waals surface area contributed by atoms with Crippen LogP contribution in [0.3, 0.4) is 0 Å². The zero-order valence-corrected chi connectivity index (χ0v) is 53.4. The molecule has 0 amide bonds. The van der Waals surface area contributed by atoms with Crippen LogP contribution in [0, 0.1) is 55.4 Å². The Labute approximate surface area is 518 Å². The number of rotatable bonds is 9. The van der Waals surface area contributed by atoms with Crippen molar-refractivity contribution in [2.75, 3.05) is 0 Å². The van der Waals surface area contributed by atoms with E-state index in [2.05, 4.69) is 48.5 Å². The largest absolute Gasteiger partial charge is 0.530 e. The van der Waals surface area contributed by atoms with Gasteiger partial charge in [0.05, 0.1) is 11.1 Å². The highest BCUT2D eigenvalue weighted by atomic mass is 31.2. The first kappa shape index (κ1) is 57.3. The summed E-state index contributed by atoms with van der Waals surface area (Å²) in [4.78, 5) is 0. The summed E-state index contributed by atoms with van der Waals surface area (Å²) in [5.41, 5.74) is 16.1. The first-order valence-electron chi connectivity index (χ1n) is 29.2. The number of benzene rings is 10. The number of para-hydroxylation sites is 8. The summed E-state index contributed by atoms with van der Waals surface area (Å²) in [7, 11) is -9.21. The molecule has 10 aromatic rings. The second-order valence-corrected chi connectivity index (χ2v) is 26.4. The molecule has 0 spiro atoms. The molecule has 4 aliphatic rings. The van der Waals surface area contributed by atoms with Crippen molar-refractivity contribution in [1.82, 2.24) is 0 Å². The maximum Gasteiger partial charge on any atom is 0.530 e. The van der Waals surface area contributed by atoms with Gasteiger partial charge in [-0.3, -0.25) is 0 Å². The molecule has 442 valence electrons. The molecule has 0 aromatic heterocycles. The topological polar surface area (TPSA) is 111 Å². The first-order valence-corrected chi connectivity index (χ1v) is 33.5. The maximum absolute atomic E-state index is 7.38. The summed E-state index contributed by atoms with van der Waals surface area (Å²) in [6.07, 6.45) is 2.37. The van der Waals surface area contributed by atoms with Gasteiger partial charge in [0.25, 0.3) is 0 Å². The minimum absolute atomic E-state index is 0.287. The average Bonchev–Trinajstić information content (AvgIpc) is 1.42. The van der Waals surface area contributed by atoms with Crippen LogP contribution in [0.1, 0.15) is 89.0 Å². The van der Waals surface area contributed by atoms with Crippen molar-refractivity contribution in [1.29, 1.82) is 0 Å². The Balaban J connectivity index is 0.987. The van der Waals surface area contributed by atoms with E-state index in [1.54, 1.807) is 0 Å². The van der Waals surface area contributed by atoms with Crippen LogP contribution in [0.4, 0.5) is 0 Å². The predicted octanol–water partition coefficient (Wildman–Crippen LogP) is 20.5. The van der Waals surface area contributed by atoms with Crippen LogP contribution >= 0.6 is 34.4 Å². The van der Waals surface area contributed by atoms with E-state index in [1.807, 2.05) is 189 Å². The van der Waals surface area contributed by atoms with Crippen LogP contribution in [0.2, 0.25) is 0 Å². The van der Waals surface area contributed by atoms with Crippen molar-refractivity contribution >= 4 is 34.4 Å². The van der Waals surface area contributed by atoms with Crippen LogP contribution in [0.15, 0.2) is 182 Å². The Morgan fingerprint density at radius 3 is 0.523 bits per heavy atom. The molecule has 0 fully saturated rings. The highest BCUT2D eigenvalue weighted by Gasteiger charge is 2.38. The lowest BCUT2D eigenvalue weighted by molar-refractivity contribution is 0.368. The summed E-state index contributed by atoms with van der Waals surface area (Å²) in [5, 5.41) is 0. The Hall–Kier alpha value is -8.48. The third-order valence-electron chi connectivity index (χ3n) is 16.1. The summed E-state index contributed by atoms with van der Waals surface area (Å²) in [6, 6.07) is 60.5. The van der Waals surface area contributed by atoms with Gasteiger partial charge in [0.1, 0.15) is 69.0 Å². The van der Waals surface area contributed by atoms with E-state index in [0.717, 1.165) is 89.0 Å². The molecule has 0 unspecified atom stereocenters. The average molecular weight is 1240 g/mol. The van der Waals surface area contributed by atoms with Gasteiger partial charge in [-0.2, -0.15) is 0 Å². The standard InChI is InChI=1S/C72H62O12P4/c1-43-19-9-27-51-39-52-28-10-20-44(2)66(52)78-85(77-65(43)51)73-59-35-17-36-60(74-86-79-67-45(3)21-11-29-53(67)40-54-30-12-22-46(4)68(54)80-86)63(59)64-61(75-87-81-69-47(5)23-13-31-55(69)41-56-32-14-24-48(6)70(56)82-87)37-18-38-62(64)76-88-83-71-49(7)25-15-33-57(71)42-58-34-16-26-50(8)72(58)84-88/h9-38H,39-42H2,1-8H3. The highest BCUT2D eigenvalue weighted by Crippen LogP contribution is 2.61. The van der Waals surface area contributed by atoms with Gasteiger partial charge in [-0.25, -0.2) is 0 Å². The Bertz CT molecular complexity index is 3600. The number of hydrogen-bond acceptors (Lipinski definition) is 12. The molecule has 88 heavy (non-hydrogen) atoms. The van der Waals surface area contributed by atoms with Gasteiger partial charge >= 0.3 is 34.4 Å². The van der Waals surface area contributed by atoms with E-state index in [0.29, 0.717) is 82.8 Å². The lowest BCUT2D eigenvalue weighted by Crippen LogP contribution is -2.13. The molecule has 0 atom stereocenters. The Morgan fingerprint density at radius 1 is 0.216 bits per heavy atom. The molecule has 10 aromatic carbocycles. The summed E-state index contributed by atoms with van der Waals surface area (Å²) in [6.45, 7) is 16.2. The third-order valence-corrected chi connectivity index (χ3v) is 20.2. The fourth-order valence-corrected chi connectivity index (χ4v) is 16.6. The molecule has 0 aliphatic carbocycles. The molecule has 0 saturated heterocycles. The molecular formula is C72H62O12P4. The molecule has 0 saturated carbocycles. The lowest BCUT2D eigenvalue weighted by Gasteiger charge is -2.29. The summed E-state index contributed by atoms with van der Waals surface area (Å²) in [5.74, 6) is 6.52. The van der Waals surface area contributed by atoms with E-state index in [-0.39, 0.29) is 23.0 Å². The van der Waals surface area contributed by atoms with Crippen molar-refractivity contribution in [2.24, 2.45) is 0 Å². The molecule has 4 heterocycles. The van der Waals surface area contributed by atoms with Crippen LogP contribution < -0.4 is 54.3 Å². The van der Waals surface area contributed by atoms with E-state index in [9.17, 15) is 0 Å². The van der Waals surface area contributed by atoms with E-state index >= 15 is 0 Å². The van der Waals surface area contributed by atoms with E-state index < -0.39 is 34.4 Å². The van der Waals surface area contributed by atoms with Crippen LogP contribution in [0.25, 0.3) is 11.1 Å². The molecule has 16 heteroatoms. The Kier molecular flexibility index (Phi) is 15.8. The molecule has 12 nitrogen and oxygen atoms in total. The van der Waals surface area contributed by atoms with Crippen LogP contribution in [-0.2, 0) is 25.7 Å². The SMILES string of the molecule is Cc1cccc2c1OP(Oc1cccc(OP3Oc4c(C)cccc4Cc4cccc(C)c4O3)c1-c1c(OP3Oc4c(C)cccc4Cc4cccc(C)c4O3)cccc1OP1Oc3c(C)cccc3Cc3cccc(C)c3O1)Oc1c(C)cccc1C2. The molecule has 14 rings (SSSR count). The fourth-order valence-electron chi connectivity index (χ4n) is 11.6. The lowest BCUT2D eigenvalue weighted by atomic mass is 9.99. The van der Waals surface area contributed by atoms with Crippen molar-refractivity contribution in [3.8, 4) is 80.1 Å². The van der Waals surface area contributed by atoms with Crippen LogP contribution in [0.5, 0.6) is 69.0 Å². The quantitative estimate of drug-likeness (QED) is 0.128. The van der Waals surface area contributed by atoms with Crippen molar-refractivity contribution in [3.63, 3.8) is 0 Å². The van der Waals surface area contributed by atoms with Gasteiger partial charge in [-0.1, -0.05) is 158 Å². The van der Waals surface area contributed by atoms with E-state index in [4.69, 9.17) is 54.3 Å². The smallest absolute Gasteiger partial charge is 0.408 e. The zero-order valence-electron chi connectivity index (χ0n) is 49.8. The van der Waals surface area contributed by atoms with Gasteiger partial charge < -0.3 is 54.3 Å². The summed E-state index contributed by atoms with van der Waals surface area (Å²) < 4.78 is 85.8. The monoisotopic (exact) mass is 1240 g/mol. The normalized spacial score (nSPS) is 14.5. The molecule has 4 aliphatic heterocycles. The minimum Gasteiger partial charge on any atom is -0.408 e. The van der Waals surface area contributed by atoms with Gasteiger partial charge in [0, 0.05) is 25.7 Å². The number of fused-ring (bicyclic) bond motifs is 8. The summed E-state index contributed by atoms with van der Waals surface area (Å²) >= 11 is 0. The minimum atomic E-state index is -2.30. The molecule has 0 N–H and O–H groups in total. The Morgan fingerprint density at radius 2 is 0.364 bits per heavy atom. The van der Waals surface area contributed by atoms with Crippen molar-refractivity contribution in [2.45, 2.75) is 81.1 Å². The molecular weight excluding hydrogens is 1180 g/mol. The number of hydrogen-bond donors (Lipinski definition) is 0. The highest BCUT2D eigenvalue weighted by molar-refractivity contribution is 7.44. The van der Waals surface area contributed by atoms with Gasteiger partial charge in [-0.15, -0.1) is 0 Å². The molecule has 0 radical (unpaired) electrons. The predicted molar refractivity (Wildman–Crippen MR) is 348 cm³/mol. The first-order chi connectivity index (χ1) is 42.8. The second kappa shape index (κ2) is 24.2.